The van der Waals surface area contributed by atoms with E-state index in [9.17, 15) is 9.59 Å². The van der Waals surface area contributed by atoms with Gasteiger partial charge < -0.3 is 9.64 Å². The molecule has 0 fully saturated rings. The number of amides is 1. The number of hydrogen-bond acceptors (Lipinski definition) is 5. The summed E-state index contributed by atoms with van der Waals surface area (Å²) in [6, 6.07) is 17.1. The van der Waals surface area contributed by atoms with Crippen molar-refractivity contribution < 1.29 is 14.3 Å². The van der Waals surface area contributed by atoms with Gasteiger partial charge in [-0.2, -0.15) is 10.5 Å². The summed E-state index contributed by atoms with van der Waals surface area (Å²) in [6.07, 6.45) is 0.386. The topological polar surface area (TPSA) is 94.2 Å². The van der Waals surface area contributed by atoms with Gasteiger partial charge in [0.2, 0.25) is 0 Å². The highest BCUT2D eigenvalue weighted by molar-refractivity contribution is 6.30. The van der Waals surface area contributed by atoms with Crippen molar-refractivity contribution in [1.82, 2.24) is 4.90 Å². The molecule has 0 aliphatic rings. The first-order chi connectivity index (χ1) is 13.5. The lowest BCUT2D eigenvalue weighted by atomic mass is 10.0. The molecule has 2 aromatic rings. The van der Waals surface area contributed by atoms with Crippen molar-refractivity contribution in [2.24, 2.45) is 0 Å². The van der Waals surface area contributed by atoms with E-state index in [2.05, 4.69) is 0 Å². The molecule has 1 amide bonds. The Morgan fingerprint density at radius 1 is 0.893 bits per heavy atom. The summed E-state index contributed by atoms with van der Waals surface area (Å²) >= 11 is 5.83. The molecule has 0 saturated heterocycles. The largest absolute Gasteiger partial charge is 0.484 e. The van der Waals surface area contributed by atoms with Crippen molar-refractivity contribution in [3.63, 3.8) is 0 Å². The summed E-state index contributed by atoms with van der Waals surface area (Å²) < 4.78 is 5.48. The molecule has 0 aliphatic carbocycles. The zero-order chi connectivity index (χ0) is 20.4. The molecule has 0 aliphatic heterocycles. The third-order valence-corrected chi connectivity index (χ3v) is 4.18. The zero-order valence-electron chi connectivity index (χ0n) is 15.1. The molecule has 0 unspecified atom stereocenters. The normalized spacial score (nSPS) is 9.82. The Morgan fingerprint density at radius 3 is 1.89 bits per heavy atom. The molecule has 28 heavy (non-hydrogen) atoms. The van der Waals surface area contributed by atoms with Crippen LogP contribution in [0.15, 0.2) is 48.5 Å². The molecular weight excluding hydrogens is 378 g/mol. The zero-order valence-corrected chi connectivity index (χ0v) is 15.9. The number of hydrogen-bond donors (Lipinski definition) is 0. The van der Waals surface area contributed by atoms with Crippen LogP contribution in [0.1, 0.15) is 28.8 Å². The van der Waals surface area contributed by atoms with Gasteiger partial charge in [0, 0.05) is 29.2 Å². The number of benzene rings is 2. The Labute approximate surface area is 168 Å². The molecule has 0 saturated carbocycles. The van der Waals surface area contributed by atoms with Gasteiger partial charge in [0.15, 0.2) is 12.4 Å². The highest BCUT2D eigenvalue weighted by Gasteiger charge is 2.14. The van der Waals surface area contributed by atoms with E-state index in [1.54, 1.807) is 48.5 Å². The Kier molecular flexibility index (Phi) is 8.02. The first-order valence-electron chi connectivity index (χ1n) is 8.60. The van der Waals surface area contributed by atoms with Crippen molar-refractivity contribution in [2.75, 3.05) is 19.7 Å². The van der Waals surface area contributed by atoms with E-state index in [1.165, 1.54) is 4.90 Å². The van der Waals surface area contributed by atoms with E-state index in [0.29, 0.717) is 21.9 Å². The standard InChI is InChI=1S/C21H18ClN3O3/c22-18-7-3-16(4-8-18)21(27)17-5-9-19(10-6-17)28-15-20(26)25(13-1-11-23)14-2-12-24/h3-10H,1-2,13-15H2. The molecule has 2 aromatic carbocycles. The number of carbonyl (C=O) groups is 2. The first kappa shape index (κ1) is 21.0. The fourth-order valence-electron chi connectivity index (χ4n) is 2.44. The van der Waals surface area contributed by atoms with Gasteiger partial charge in [-0.05, 0) is 48.5 Å². The number of carbonyl (C=O) groups excluding carboxylic acids is 2. The molecule has 142 valence electrons. The third kappa shape index (κ3) is 6.12. The van der Waals surface area contributed by atoms with Crippen molar-refractivity contribution in [2.45, 2.75) is 12.8 Å². The Bertz CT molecular complexity index is 878. The number of nitrogens with zero attached hydrogens (tertiary/aromatic N) is 3. The SMILES string of the molecule is N#CCCN(CCC#N)C(=O)COc1ccc(C(=O)c2ccc(Cl)cc2)cc1. The van der Waals surface area contributed by atoms with Crippen LogP contribution in [0.2, 0.25) is 5.02 Å². The predicted molar refractivity (Wildman–Crippen MR) is 104 cm³/mol. The van der Waals surface area contributed by atoms with Gasteiger partial charge in [0.05, 0.1) is 25.0 Å². The Hall–Kier alpha value is -3.35. The molecular formula is C21H18ClN3O3. The first-order valence-corrected chi connectivity index (χ1v) is 8.97. The fraction of sp³-hybridized carbons (Fsp3) is 0.238. The van der Waals surface area contributed by atoms with Gasteiger partial charge >= 0.3 is 0 Å². The molecule has 0 aromatic heterocycles. The number of nitriles is 2. The van der Waals surface area contributed by atoms with E-state index in [4.69, 9.17) is 26.9 Å². The van der Waals surface area contributed by atoms with E-state index in [1.807, 2.05) is 12.1 Å². The second-order valence-corrected chi connectivity index (χ2v) is 6.28. The molecule has 0 radical (unpaired) electrons. The highest BCUT2D eigenvalue weighted by atomic mass is 35.5. The van der Waals surface area contributed by atoms with Crippen molar-refractivity contribution in [3.8, 4) is 17.9 Å². The van der Waals surface area contributed by atoms with Gasteiger partial charge in [0.1, 0.15) is 5.75 Å². The van der Waals surface area contributed by atoms with Gasteiger partial charge in [-0.25, -0.2) is 0 Å². The summed E-state index contributed by atoms with van der Waals surface area (Å²) in [6.45, 7) is 0.311. The predicted octanol–water partition coefficient (Wildman–Crippen LogP) is 3.61. The molecule has 0 heterocycles. The summed E-state index contributed by atoms with van der Waals surface area (Å²) in [5.41, 5.74) is 1.02. The van der Waals surface area contributed by atoms with Crippen LogP contribution in [0.4, 0.5) is 0 Å². The quantitative estimate of drug-likeness (QED) is 0.604. The number of ether oxygens (including phenoxy) is 1. The van der Waals surface area contributed by atoms with Crippen LogP contribution in [-0.4, -0.2) is 36.3 Å². The molecule has 0 atom stereocenters. The van der Waals surface area contributed by atoms with E-state index in [-0.39, 0.29) is 44.2 Å². The lowest BCUT2D eigenvalue weighted by Gasteiger charge is -2.20. The van der Waals surface area contributed by atoms with Crippen LogP contribution >= 0.6 is 11.6 Å². The molecule has 0 spiro atoms. The monoisotopic (exact) mass is 395 g/mol. The number of halogens is 1. The van der Waals surface area contributed by atoms with Gasteiger partial charge in [0.25, 0.3) is 5.91 Å². The molecule has 2 rings (SSSR count). The summed E-state index contributed by atoms with van der Waals surface area (Å²) in [5, 5.41) is 17.9. The highest BCUT2D eigenvalue weighted by Crippen LogP contribution is 2.17. The fourth-order valence-corrected chi connectivity index (χ4v) is 2.56. The lowest BCUT2D eigenvalue weighted by Crippen LogP contribution is -2.36. The van der Waals surface area contributed by atoms with Crippen LogP contribution in [0.25, 0.3) is 0 Å². The number of rotatable bonds is 9. The van der Waals surface area contributed by atoms with Crippen molar-refractivity contribution in [3.05, 3.63) is 64.7 Å². The van der Waals surface area contributed by atoms with Crippen LogP contribution in [0, 0.1) is 22.7 Å². The maximum Gasteiger partial charge on any atom is 0.260 e. The van der Waals surface area contributed by atoms with Gasteiger partial charge in [-0.15, -0.1) is 0 Å². The molecule has 7 heteroatoms. The average molecular weight is 396 g/mol. The minimum atomic E-state index is -0.299. The van der Waals surface area contributed by atoms with Gasteiger partial charge in [-0.3, -0.25) is 9.59 Å². The smallest absolute Gasteiger partial charge is 0.260 e. The van der Waals surface area contributed by atoms with E-state index < -0.39 is 0 Å². The Morgan fingerprint density at radius 2 is 1.39 bits per heavy atom. The average Bonchev–Trinajstić information content (AvgIpc) is 2.72. The summed E-state index contributed by atoms with van der Waals surface area (Å²) in [4.78, 5) is 26.1. The van der Waals surface area contributed by atoms with Crippen molar-refractivity contribution >= 4 is 23.3 Å². The van der Waals surface area contributed by atoms with Crippen LogP contribution < -0.4 is 4.74 Å². The van der Waals surface area contributed by atoms with E-state index in [0.717, 1.165) is 0 Å². The minimum Gasteiger partial charge on any atom is -0.484 e. The lowest BCUT2D eigenvalue weighted by molar-refractivity contribution is -0.133. The third-order valence-electron chi connectivity index (χ3n) is 3.92. The second-order valence-electron chi connectivity index (χ2n) is 5.85. The van der Waals surface area contributed by atoms with Crippen LogP contribution in [-0.2, 0) is 4.79 Å². The maximum absolute atomic E-state index is 12.4. The summed E-state index contributed by atoms with van der Waals surface area (Å²) in [7, 11) is 0. The van der Waals surface area contributed by atoms with Crippen LogP contribution in [0.3, 0.4) is 0 Å². The molecule has 0 bridgehead atoms. The van der Waals surface area contributed by atoms with Gasteiger partial charge in [-0.1, -0.05) is 11.6 Å². The maximum atomic E-state index is 12.4. The number of ketones is 1. The van der Waals surface area contributed by atoms with Crippen LogP contribution in [0.5, 0.6) is 5.75 Å². The minimum absolute atomic E-state index is 0.140. The summed E-state index contributed by atoms with van der Waals surface area (Å²) in [5.74, 6) is 0.00631. The molecule has 6 nitrogen and oxygen atoms in total. The van der Waals surface area contributed by atoms with E-state index >= 15 is 0 Å². The second kappa shape index (κ2) is 10.7. The molecule has 0 N–H and O–H groups in total. The van der Waals surface area contributed by atoms with Crippen molar-refractivity contribution in [1.29, 1.82) is 10.5 Å². The Balaban J connectivity index is 1.95.